The number of hydrogen-bond acceptors (Lipinski definition) is 2. The molecular formula is C13H28N2O. The van der Waals surface area contributed by atoms with E-state index >= 15 is 0 Å². The van der Waals surface area contributed by atoms with Crippen LogP contribution in [0, 0.1) is 5.92 Å². The fraction of sp³-hybridized carbons (Fsp3) is 0.923. The summed E-state index contributed by atoms with van der Waals surface area (Å²) < 4.78 is 0. The van der Waals surface area contributed by atoms with E-state index < -0.39 is 0 Å². The van der Waals surface area contributed by atoms with Gasteiger partial charge in [0.1, 0.15) is 0 Å². The summed E-state index contributed by atoms with van der Waals surface area (Å²) in [5.74, 6) is 0.693. The van der Waals surface area contributed by atoms with E-state index in [0.717, 1.165) is 25.7 Å². The Morgan fingerprint density at radius 1 is 1.31 bits per heavy atom. The Balaban J connectivity index is 4.14. The van der Waals surface area contributed by atoms with E-state index in [9.17, 15) is 4.79 Å². The maximum Gasteiger partial charge on any atom is 0.239 e. The normalized spacial score (nSPS) is 14.9. The zero-order chi connectivity index (χ0) is 12.7. The summed E-state index contributed by atoms with van der Waals surface area (Å²) in [7, 11) is 1.86. The van der Waals surface area contributed by atoms with Crippen LogP contribution in [0.3, 0.4) is 0 Å². The van der Waals surface area contributed by atoms with Crippen LogP contribution in [0.2, 0.25) is 0 Å². The maximum atomic E-state index is 12.0. The van der Waals surface area contributed by atoms with Crippen molar-refractivity contribution in [3.05, 3.63) is 0 Å². The summed E-state index contributed by atoms with van der Waals surface area (Å²) in [5.41, 5.74) is 5.88. The molecule has 0 aliphatic rings. The van der Waals surface area contributed by atoms with Gasteiger partial charge < -0.3 is 10.6 Å². The van der Waals surface area contributed by atoms with Crippen molar-refractivity contribution in [3.8, 4) is 0 Å². The maximum absolute atomic E-state index is 12.0. The van der Waals surface area contributed by atoms with Gasteiger partial charge >= 0.3 is 0 Å². The topological polar surface area (TPSA) is 46.3 Å². The van der Waals surface area contributed by atoms with Crippen LogP contribution in [0.5, 0.6) is 0 Å². The van der Waals surface area contributed by atoms with E-state index in [-0.39, 0.29) is 18.0 Å². The Bertz CT molecular complexity index is 204. The highest BCUT2D eigenvalue weighted by atomic mass is 16.2. The second-order valence-electron chi connectivity index (χ2n) is 5.18. The molecule has 2 unspecified atom stereocenters. The standard InChI is InChI=1S/C13H28N2O/c1-6-7-8-12(14)13(16)15(5)11(4)9-10(2)3/h10-12H,6-9,14H2,1-5H3. The van der Waals surface area contributed by atoms with Crippen LogP contribution >= 0.6 is 0 Å². The van der Waals surface area contributed by atoms with Crippen molar-refractivity contribution in [2.75, 3.05) is 7.05 Å². The largest absolute Gasteiger partial charge is 0.342 e. The number of rotatable bonds is 7. The van der Waals surface area contributed by atoms with Gasteiger partial charge in [-0.25, -0.2) is 0 Å². The Labute approximate surface area is 100 Å². The summed E-state index contributed by atoms with van der Waals surface area (Å²) in [6.07, 6.45) is 3.95. The monoisotopic (exact) mass is 228 g/mol. The van der Waals surface area contributed by atoms with Gasteiger partial charge in [-0.15, -0.1) is 0 Å². The molecule has 96 valence electrons. The molecule has 0 aromatic carbocycles. The Morgan fingerprint density at radius 3 is 2.31 bits per heavy atom. The molecule has 0 rings (SSSR count). The van der Waals surface area contributed by atoms with E-state index in [0.29, 0.717) is 5.92 Å². The molecule has 0 heterocycles. The van der Waals surface area contributed by atoms with Crippen LogP contribution in [0.25, 0.3) is 0 Å². The summed E-state index contributed by atoms with van der Waals surface area (Å²) >= 11 is 0. The van der Waals surface area contributed by atoms with Crippen molar-refractivity contribution >= 4 is 5.91 Å². The molecule has 0 saturated heterocycles. The van der Waals surface area contributed by atoms with Crippen molar-refractivity contribution in [2.45, 2.75) is 65.5 Å². The second-order valence-corrected chi connectivity index (χ2v) is 5.18. The second kappa shape index (κ2) is 7.66. The lowest BCUT2D eigenvalue weighted by Crippen LogP contribution is -2.45. The molecule has 3 nitrogen and oxygen atoms in total. The van der Waals surface area contributed by atoms with Crippen LogP contribution < -0.4 is 5.73 Å². The summed E-state index contributed by atoms with van der Waals surface area (Å²) in [6.45, 7) is 8.55. The van der Waals surface area contributed by atoms with E-state index in [1.165, 1.54) is 0 Å². The van der Waals surface area contributed by atoms with Crippen molar-refractivity contribution in [1.82, 2.24) is 4.90 Å². The number of hydrogen-bond donors (Lipinski definition) is 1. The predicted molar refractivity (Wildman–Crippen MR) is 69.2 cm³/mol. The number of carbonyl (C=O) groups excluding carboxylic acids is 1. The number of likely N-dealkylation sites (N-methyl/N-ethyl adjacent to an activating group) is 1. The quantitative estimate of drug-likeness (QED) is 0.727. The third-order valence-electron chi connectivity index (χ3n) is 3.01. The van der Waals surface area contributed by atoms with E-state index in [1.54, 1.807) is 4.90 Å². The number of nitrogens with two attached hydrogens (primary N) is 1. The summed E-state index contributed by atoms with van der Waals surface area (Å²) in [5, 5.41) is 0. The lowest BCUT2D eigenvalue weighted by atomic mass is 10.0. The highest BCUT2D eigenvalue weighted by Crippen LogP contribution is 2.11. The minimum absolute atomic E-state index is 0.0848. The van der Waals surface area contributed by atoms with Crippen molar-refractivity contribution < 1.29 is 4.79 Å². The van der Waals surface area contributed by atoms with Crippen LogP contribution in [0.4, 0.5) is 0 Å². The predicted octanol–water partition coefficient (Wildman–Crippen LogP) is 2.40. The average molecular weight is 228 g/mol. The first-order chi connectivity index (χ1) is 7.40. The SMILES string of the molecule is CCCCC(N)C(=O)N(C)C(C)CC(C)C. The third-order valence-corrected chi connectivity index (χ3v) is 3.01. The van der Waals surface area contributed by atoms with E-state index in [1.807, 2.05) is 7.05 Å². The first-order valence-electron chi connectivity index (χ1n) is 6.42. The fourth-order valence-corrected chi connectivity index (χ4v) is 1.87. The van der Waals surface area contributed by atoms with Gasteiger partial charge in [-0.05, 0) is 25.7 Å². The smallest absolute Gasteiger partial charge is 0.239 e. The number of nitrogens with zero attached hydrogens (tertiary/aromatic N) is 1. The highest BCUT2D eigenvalue weighted by Gasteiger charge is 2.21. The third kappa shape index (κ3) is 5.50. The minimum Gasteiger partial charge on any atom is -0.342 e. The highest BCUT2D eigenvalue weighted by molar-refractivity contribution is 5.81. The van der Waals surface area contributed by atoms with Crippen LogP contribution in [0.15, 0.2) is 0 Å². The van der Waals surface area contributed by atoms with Crippen LogP contribution in [-0.2, 0) is 4.79 Å². The average Bonchev–Trinajstić information content (AvgIpc) is 2.22. The number of unbranched alkanes of at least 4 members (excludes halogenated alkanes) is 1. The molecule has 2 atom stereocenters. The lowest BCUT2D eigenvalue weighted by Gasteiger charge is -2.28. The molecule has 0 spiro atoms. The molecule has 0 bridgehead atoms. The van der Waals surface area contributed by atoms with Crippen LogP contribution in [-0.4, -0.2) is 29.9 Å². The van der Waals surface area contributed by atoms with Gasteiger partial charge in [0.25, 0.3) is 0 Å². The van der Waals surface area contributed by atoms with Gasteiger partial charge in [0.05, 0.1) is 6.04 Å². The van der Waals surface area contributed by atoms with Gasteiger partial charge in [-0.1, -0.05) is 33.6 Å². The van der Waals surface area contributed by atoms with Gasteiger partial charge in [-0.2, -0.15) is 0 Å². The molecule has 2 N–H and O–H groups in total. The zero-order valence-electron chi connectivity index (χ0n) is 11.5. The molecule has 16 heavy (non-hydrogen) atoms. The zero-order valence-corrected chi connectivity index (χ0v) is 11.5. The Morgan fingerprint density at radius 2 is 1.88 bits per heavy atom. The van der Waals surface area contributed by atoms with Gasteiger partial charge in [0, 0.05) is 13.1 Å². The number of amides is 1. The van der Waals surface area contributed by atoms with Crippen molar-refractivity contribution in [3.63, 3.8) is 0 Å². The van der Waals surface area contributed by atoms with Gasteiger partial charge in [-0.3, -0.25) is 4.79 Å². The molecule has 0 aromatic heterocycles. The molecule has 0 radical (unpaired) electrons. The van der Waals surface area contributed by atoms with Crippen molar-refractivity contribution in [2.24, 2.45) is 11.7 Å². The molecule has 0 aliphatic carbocycles. The number of carbonyl (C=O) groups is 1. The molecule has 0 aliphatic heterocycles. The summed E-state index contributed by atoms with van der Waals surface area (Å²) in [6, 6.07) is -0.0419. The van der Waals surface area contributed by atoms with E-state index in [2.05, 4.69) is 27.7 Å². The first-order valence-corrected chi connectivity index (χ1v) is 6.42. The van der Waals surface area contributed by atoms with Gasteiger partial charge in [0.2, 0.25) is 5.91 Å². The molecule has 0 aromatic rings. The van der Waals surface area contributed by atoms with Crippen LogP contribution in [0.1, 0.15) is 53.4 Å². The minimum atomic E-state index is -0.320. The van der Waals surface area contributed by atoms with Gasteiger partial charge in [0.15, 0.2) is 0 Å². The molecule has 3 heteroatoms. The Hall–Kier alpha value is -0.570. The Kier molecular flexibility index (Phi) is 7.39. The van der Waals surface area contributed by atoms with E-state index in [4.69, 9.17) is 5.73 Å². The molecular weight excluding hydrogens is 200 g/mol. The molecule has 1 amide bonds. The first kappa shape index (κ1) is 15.4. The lowest BCUT2D eigenvalue weighted by molar-refractivity contribution is -0.133. The fourth-order valence-electron chi connectivity index (χ4n) is 1.87. The summed E-state index contributed by atoms with van der Waals surface area (Å²) in [4.78, 5) is 13.8. The molecule has 0 fully saturated rings. The van der Waals surface area contributed by atoms with Crippen molar-refractivity contribution in [1.29, 1.82) is 0 Å². The molecule has 0 saturated carbocycles.